The lowest BCUT2D eigenvalue weighted by molar-refractivity contribution is 0.0679. The van der Waals surface area contributed by atoms with Gasteiger partial charge >= 0.3 is 0 Å². The van der Waals surface area contributed by atoms with Crippen LogP contribution < -0.4 is 10.2 Å². The van der Waals surface area contributed by atoms with Gasteiger partial charge < -0.3 is 25.2 Å². The minimum atomic E-state index is -0.160. The van der Waals surface area contributed by atoms with Crippen molar-refractivity contribution in [3.63, 3.8) is 0 Å². The highest BCUT2D eigenvalue weighted by Gasteiger charge is 2.34. The Morgan fingerprint density at radius 1 is 1.32 bits per heavy atom. The quantitative estimate of drug-likeness (QED) is 0.653. The number of aliphatic hydroxyl groups is 1. The van der Waals surface area contributed by atoms with E-state index in [1.807, 2.05) is 17.8 Å². The number of piperidine rings is 1. The van der Waals surface area contributed by atoms with E-state index in [4.69, 9.17) is 4.74 Å². The van der Waals surface area contributed by atoms with Crippen molar-refractivity contribution >= 4 is 28.4 Å². The molecule has 6 nitrogen and oxygen atoms in total. The minimum absolute atomic E-state index is 0.160. The molecule has 2 aromatic rings. The van der Waals surface area contributed by atoms with Gasteiger partial charge in [0.25, 0.3) is 0 Å². The number of fused-ring (bicyclic) bond motifs is 2. The smallest absolute Gasteiger partial charge is 0.121 e. The van der Waals surface area contributed by atoms with E-state index in [0.717, 1.165) is 61.6 Å². The number of aromatic nitrogens is 1. The zero-order chi connectivity index (χ0) is 18.9. The van der Waals surface area contributed by atoms with Gasteiger partial charge in [-0.05, 0) is 49.4 Å². The Morgan fingerprint density at radius 3 is 3.21 bits per heavy atom. The molecular formula is C21H26N4O2S. The number of nitrogens with one attached hydrogen (secondary N) is 2. The fourth-order valence-corrected chi connectivity index (χ4v) is 5.27. The van der Waals surface area contributed by atoms with Crippen LogP contribution in [0.4, 0.5) is 0 Å². The summed E-state index contributed by atoms with van der Waals surface area (Å²) in [7, 11) is 0. The maximum absolute atomic E-state index is 9.75. The van der Waals surface area contributed by atoms with Gasteiger partial charge in [0.05, 0.1) is 35.4 Å². The zero-order valence-electron chi connectivity index (χ0n) is 15.8. The van der Waals surface area contributed by atoms with Gasteiger partial charge in [-0.1, -0.05) is 6.08 Å². The first kappa shape index (κ1) is 18.1. The molecule has 7 heteroatoms. The Hall–Kier alpha value is -1.96. The summed E-state index contributed by atoms with van der Waals surface area (Å²) in [5.41, 5.74) is 6.44. The molecule has 0 amide bonds. The van der Waals surface area contributed by atoms with Crippen molar-refractivity contribution in [2.75, 3.05) is 26.2 Å². The number of aromatic amines is 1. The average molecular weight is 399 g/mol. The summed E-state index contributed by atoms with van der Waals surface area (Å²) >= 11 is 1.82. The molecule has 1 aromatic heterocycles. The zero-order valence-corrected chi connectivity index (χ0v) is 16.6. The van der Waals surface area contributed by atoms with E-state index in [-0.39, 0.29) is 6.10 Å². The summed E-state index contributed by atoms with van der Waals surface area (Å²) in [4.78, 5) is 5.84. The number of hydrogen-bond acceptors (Lipinski definition) is 6. The summed E-state index contributed by atoms with van der Waals surface area (Å²) < 4.78 is 5.97. The van der Waals surface area contributed by atoms with Crippen LogP contribution in [0.25, 0.3) is 10.9 Å². The second-order valence-electron chi connectivity index (χ2n) is 7.77. The summed E-state index contributed by atoms with van der Waals surface area (Å²) in [6.45, 7) is 3.55. The van der Waals surface area contributed by atoms with Gasteiger partial charge in [0.1, 0.15) is 5.75 Å². The van der Waals surface area contributed by atoms with Crippen molar-refractivity contribution in [2.24, 2.45) is 5.10 Å². The van der Waals surface area contributed by atoms with Crippen LogP contribution in [0.2, 0.25) is 0 Å². The molecule has 28 heavy (non-hydrogen) atoms. The van der Waals surface area contributed by atoms with Crippen LogP contribution in [0.3, 0.4) is 0 Å². The number of nitrogens with zero attached hydrogens (tertiary/aromatic N) is 2. The molecule has 0 radical (unpaired) electrons. The third-order valence-corrected chi connectivity index (χ3v) is 6.80. The number of hydrazone groups is 1. The molecule has 5 rings (SSSR count). The molecular weight excluding hydrogens is 372 g/mol. The molecule has 0 spiro atoms. The molecule has 148 valence electrons. The first-order valence-corrected chi connectivity index (χ1v) is 11.0. The Kier molecular flexibility index (Phi) is 5.05. The fourth-order valence-electron chi connectivity index (χ4n) is 4.21. The molecule has 3 N–H and O–H groups in total. The van der Waals surface area contributed by atoms with Crippen LogP contribution in [0.5, 0.6) is 5.75 Å². The SMILES string of the molecule is OC1CCCN(CCCOc2ccc3cc(C4=NNC5C=CSC45)[nH]c3c2)C1. The molecule has 1 aromatic carbocycles. The Labute approximate surface area is 169 Å². The lowest BCUT2D eigenvalue weighted by Gasteiger charge is -2.29. The van der Waals surface area contributed by atoms with Crippen LogP contribution >= 0.6 is 11.8 Å². The molecule has 0 aliphatic carbocycles. The average Bonchev–Trinajstić information content (AvgIpc) is 3.39. The van der Waals surface area contributed by atoms with E-state index >= 15 is 0 Å². The van der Waals surface area contributed by atoms with Crippen LogP contribution in [-0.4, -0.2) is 64.3 Å². The van der Waals surface area contributed by atoms with Crippen molar-refractivity contribution in [1.29, 1.82) is 0 Å². The maximum Gasteiger partial charge on any atom is 0.121 e. The van der Waals surface area contributed by atoms with Gasteiger partial charge in [0.15, 0.2) is 0 Å². The maximum atomic E-state index is 9.75. The highest BCUT2D eigenvalue weighted by Crippen LogP contribution is 2.32. The van der Waals surface area contributed by atoms with E-state index < -0.39 is 0 Å². The molecule has 3 atom stereocenters. The second-order valence-corrected chi connectivity index (χ2v) is 8.82. The van der Waals surface area contributed by atoms with Gasteiger partial charge in [-0.15, -0.1) is 11.8 Å². The largest absolute Gasteiger partial charge is 0.493 e. The molecule has 0 bridgehead atoms. The number of β-amino-alcohol motifs (C(OH)–C–C–N with tert-alkyl or cyclic N) is 1. The first-order valence-electron chi connectivity index (χ1n) is 10.1. The molecule has 3 unspecified atom stereocenters. The summed E-state index contributed by atoms with van der Waals surface area (Å²) in [6.07, 6.45) is 5.00. The Morgan fingerprint density at radius 2 is 2.29 bits per heavy atom. The predicted molar refractivity (Wildman–Crippen MR) is 114 cm³/mol. The molecule has 0 saturated carbocycles. The Bertz CT molecular complexity index is 909. The van der Waals surface area contributed by atoms with E-state index in [1.54, 1.807) is 0 Å². The monoisotopic (exact) mass is 398 g/mol. The number of H-pyrrole nitrogens is 1. The van der Waals surface area contributed by atoms with Crippen molar-refractivity contribution in [3.05, 3.63) is 41.4 Å². The van der Waals surface area contributed by atoms with Gasteiger partial charge in [0.2, 0.25) is 0 Å². The summed E-state index contributed by atoms with van der Waals surface area (Å²) in [5, 5.41) is 18.0. The highest BCUT2D eigenvalue weighted by atomic mass is 32.2. The molecule has 3 aliphatic rings. The van der Waals surface area contributed by atoms with Gasteiger partial charge in [-0.25, -0.2) is 0 Å². The lowest BCUT2D eigenvalue weighted by atomic mass is 10.1. The highest BCUT2D eigenvalue weighted by molar-refractivity contribution is 8.03. The number of thioether (sulfide) groups is 1. The molecule has 1 fully saturated rings. The van der Waals surface area contributed by atoms with Gasteiger partial charge in [-0.2, -0.15) is 5.10 Å². The summed E-state index contributed by atoms with van der Waals surface area (Å²) in [5.74, 6) is 0.890. The van der Waals surface area contributed by atoms with Crippen molar-refractivity contribution in [2.45, 2.75) is 36.7 Å². The third kappa shape index (κ3) is 3.66. The molecule has 1 saturated heterocycles. The fraction of sp³-hybridized carbons (Fsp3) is 0.476. The third-order valence-electron chi connectivity index (χ3n) is 5.68. The van der Waals surface area contributed by atoms with Gasteiger partial charge in [-0.3, -0.25) is 0 Å². The van der Waals surface area contributed by atoms with Crippen LogP contribution in [-0.2, 0) is 0 Å². The normalized spacial score (nSPS) is 27.0. The Balaban J connectivity index is 1.19. The number of rotatable bonds is 6. The van der Waals surface area contributed by atoms with E-state index in [2.05, 4.69) is 50.1 Å². The topological polar surface area (TPSA) is 72.9 Å². The lowest BCUT2D eigenvalue weighted by Crippen LogP contribution is -2.39. The number of hydrogen-bond donors (Lipinski definition) is 3. The number of likely N-dealkylation sites (tertiary alicyclic amines) is 1. The van der Waals surface area contributed by atoms with Crippen molar-refractivity contribution in [1.82, 2.24) is 15.3 Å². The standard InChI is InChI=1S/C21H26N4O2S/c26-15-3-1-7-25(13-15)8-2-9-27-16-5-4-14-11-19(22-18(14)12-16)20-21-17(23-24-20)6-10-28-21/h4-6,10-12,15,17,21-23,26H,1-3,7-9,13H2. The van der Waals surface area contributed by atoms with Crippen molar-refractivity contribution in [3.8, 4) is 5.75 Å². The van der Waals surface area contributed by atoms with Crippen LogP contribution in [0.15, 0.2) is 40.9 Å². The van der Waals surface area contributed by atoms with Gasteiger partial charge in [0, 0.05) is 30.1 Å². The molecule has 3 aliphatic heterocycles. The van der Waals surface area contributed by atoms with E-state index in [9.17, 15) is 5.11 Å². The second kappa shape index (κ2) is 7.81. The molecule has 4 heterocycles. The summed E-state index contributed by atoms with van der Waals surface area (Å²) in [6, 6.07) is 8.69. The predicted octanol–water partition coefficient (Wildman–Crippen LogP) is 2.70. The van der Waals surface area contributed by atoms with Crippen molar-refractivity contribution < 1.29 is 9.84 Å². The van der Waals surface area contributed by atoms with Crippen LogP contribution in [0.1, 0.15) is 25.0 Å². The van der Waals surface area contributed by atoms with E-state index in [1.165, 1.54) is 5.39 Å². The number of aliphatic hydroxyl groups excluding tert-OH is 1. The number of ether oxygens (including phenoxy) is 1. The van der Waals surface area contributed by atoms with Crippen LogP contribution in [0, 0.1) is 0 Å². The number of benzene rings is 1. The van der Waals surface area contributed by atoms with E-state index in [0.29, 0.717) is 17.9 Å². The first-order chi connectivity index (χ1) is 13.8. The minimum Gasteiger partial charge on any atom is -0.493 e.